The first-order chi connectivity index (χ1) is 8.96. The summed E-state index contributed by atoms with van der Waals surface area (Å²) in [7, 11) is -3.54. The second-order valence-electron chi connectivity index (χ2n) is 4.80. The highest BCUT2D eigenvalue weighted by Gasteiger charge is 2.32. The molecule has 1 aromatic heterocycles. The van der Waals surface area contributed by atoms with Crippen LogP contribution in [0.5, 0.6) is 0 Å². The van der Waals surface area contributed by atoms with Crippen LogP contribution in [0.4, 0.5) is 0 Å². The Hall–Kier alpha value is -0.960. The lowest BCUT2D eigenvalue weighted by atomic mass is 10.3. The Morgan fingerprint density at radius 2 is 2.32 bits per heavy atom. The summed E-state index contributed by atoms with van der Waals surface area (Å²) in [6.45, 7) is 5.12. The van der Waals surface area contributed by atoms with Gasteiger partial charge in [-0.15, -0.1) is 0 Å². The lowest BCUT2D eigenvalue weighted by Crippen LogP contribution is -2.48. The maximum atomic E-state index is 12.6. The second-order valence-corrected chi connectivity index (χ2v) is 6.68. The van der Waals surface area contributed by atoms with E-state index >= 15 is 0 Å². The minimum absolute atomic E-state index is 0.00822. The first-order valence-electron chi connectivity index (χ1n) is 6.32. The third kappa shape index (κ3) is 2.81. The zero-order chi connectivity index (χ0) is 14.0. The highest BCUT2D eigenvalue weighted by Crippen LogP contribution is 2.20. The second kappa shape index (κ2) is 5.58. The van der Waals surface area contributed by atoms with Crippen LogP contribution in [-0.4, -0.2) is 54.8 Å². The molecule has 1 atom stereocenters. The molecule has 8 heteroatoms. The number of hydrogen-bond acceptors (Lipinski definition) is 5. The van der Waals surface area contributed by atoms with Crippen molar-refractivity contribution >= 4 is 10.0 Å². The van der Waals surface area contributed by atoms with E-state index in [1.165, 1.54) is 21.3 Å². The molecule has 1 aliphatic heterocycles. The fourth-order valence-corrected chi connectivity index (χ4v) is 3.75. The minimum Gasteiger partial charge on any atom is -0.374 e. The zero-order valence-electron chi connectivity index (χ0n) is 11.2. The van der Waals surface area contributed by atoms with Crippen molar-refractivity contribution in [2.75, 3.05) is 26.2 Å². The fourth-order valence-electron chi connectivity index (χ4n) is 2.08. The van der Waals surface area contributed by atoms with E-state index in [9.17, 15) is 8.42 Å². The number of hydrogen-bond donors (Lipinski definition) is 1. The van der Waals surface area contributed by atoms with Gasteiger partial charge in [-0.1, -0.05) is 0 Å². The maximum Gasteiger partial charge on any atom is 0.260 e. The molecule has 0 unspecified atom stereocenters. The molecule has 19 heavy (non-hydrogen) atoms. The summed E-state index contributed by atoms with van der Waals surface area (Å²) in [6.07, 6.45) is 1.27. The Labute approximate surface area is 113 Å². The Bertz CT molecular complexity index is 526. The smallest absolute Gasteiger partial charge is 0.260 e. The summed E-state index contributed by atoms with van der Waals surface area (Å²) in [5, 5.41) is 4.29. The summed E-state index contributed by atoms with van der Waals surface area (Å²) >= 11 is 0. The van der Waals surface area contributed by atoms with Gasteiger partial charge in [-0.25, -0.2) is 8.42 Å². The quantitative estimate of drug-likeness (QED) is 0.829. The van der Waals surface area contributed by atoms with Crippen molar-refractivity contribution in [3.8, 4) is 0 Å². The molecule has 2 heterocycles. The molecule has 2 N–H and O–H groups in total. The van der Waals surface area contributed by atoms with E-state index in [1.54, 1.807) is 0 Å². The molecule has 0 saturated carbocycles. The number of nitrogens with zero attached hydrogens (tertiary/aromatic N) is 3. The van der Waals surface area contributed by atoms with Crippen molar-refractivity contribution in [2.24, 2.45) is 5.73 Å². The van der Waals surface area contributed by atoms with Gasteiger partial charge in [0.1, 0.15) is 0 Å². The van der Waals surface area contributed by atoms with Crippen molar-refractivity contribution < 1.29 is 13.2 Å². The summed E-state index contributed by atoms with van der Waals surface area (Å²) in [5.74, 6) is 0. The van der Waals surface area contributed by atoms with Crippen LogP contribution in [0.25, 0.3) is 0 Å². The molecule has 1 aliphatic rings. The lowest BCUT2D eigenvalue weighted by Gasteiger charge is -2.31. The number of aromatic nitrogens is 2. The van der Waals surface area contributed by atoms with Crippen molar-refractivity contribution in [3.05, 3.63) is 12.3 Å². The van der Waals surface area contributed by atoms with Crippen LogP contribution >= 0.6 is 0 Å². The van der Waals surface area contributed by atoms with Crippen molar-refractivity contribution in [2.45, 2.75) is 31.0 Å². The van der Waals surface area contributed by atoms with Gasteiger partial charge in [-0.3, -0.25) is 4.68 Å². The van der Waals surface area contributed by atoms with Gasteiger partial charge in [0.15, 0.2) is 5.03 Å². The van der Waals surface area contributed by atoms with Crippen LogP contribution < -0.4 is 5.73 Å². The molecule has 0 spiro atoms. The van der Waals surface area contributed by atoms with Gasteiger partial charge in [0.05, 0.1) is 18.9 Å². The molecule has 0 radical (unpaired) electrons. The van der Waals surface area contributed by atoms with E-state index in [0.717, 1.165) is 0 Å². The normalized spacial score (nSPS) is 22.0. The van der Waals surface area contributed by atoms with E-state index in [2.05, 4.69) is 5.10 Å². The number of nitrogens with two attached hydrogens (primary N) is 1. The van der Waals surface area contributed by atoms with E-state index in [4.69, 9.17) is 10.5 Å². The van der Waals surface area contributed by atoms with Gasteiger partial charge in [-0.05, 0) is 19.9 Å². The van der Waals surface area contributed by atoms with Gasteiger partial charge in [0.25, 0.3) is 10.0 Å². The minimum atomic E-state index is -3.54. The number of sulfonamides is 1. The molecular weight excluding hydrogens is 268 g/mol. The van der Waals surface area contributed by atoms with Crippen molar-refractivity contribution in [1.82, 2.24) is 14.1 Å². The molecule has 0 bridgehead atoms. The summed E-state index contributed by atoms with van der Waals surface area (Å²) in [6, 6.07) is 1.52. The summed E-state index contributed by atoms with van der Waals surface area (Å²) < 4.78 is 33.5. The van der Waals surface area contributed by atoms with E-state index in [-0.39, 0.29) is 17.2 Å². The third-order valence-corrected chi connectivity index (χ3v) is 4.95. The van der Waals surface area contributed by atoms with Crippen LogP contribution in [0.15, 0.2) is 17.3 Å². The molecule has 2 rings (SSSR count). The van der Waals surface area contributed by atoms with Crippen molar-refractivity contribution in [1.29, 1.82) is 0 Å². The topological polar surface area (TPSA) is 90.5 Å². The summed E-state index contributed by atoms with van der Waals surface area (Å²) in [5.41, 5.74) is 5.54. The molecule has 0 aliphatic carbocycles. The number of rotatable bonds is 4. The number of ether oxygens (including phenoxy) is 1. The summed E-state index contributed by atoms with van der Waals surface area (Å²) in [4.78, 5) is 0. The molecule has 108 valence electrons. The Kier molecular flexibility index (Phi) is 4.24. The number of morpholine rings is 1. The van der Waals surface area contributed by atoms with Crippen LogP contribution in [0, 0.1) is 0 Å². The highest BCUT2D eigenvalue weighted by molar-refractivity contribution is 7.89. The molecule has 1 aromatic rings. The SMILES string of the molecule is CC(C)n1nccc1S(=O)(=O)N1CCO[C@H](CN)C1. The van der Waals surface area contributed by atoms with Gasteiger partial charge in [0, 0.05) is 25.7 Å². The molecule has 1 saturated heterocycles. The van der Waals surface area contributed by atoms with Crippen LogP contribution in [0.1, 0.15) is 19.9 Å². The maximum absolute atomic E-state index is 12.6. The third-order valence-electron chi connectivity index (χ3n) is 3.09. The average Bonchev–Trinajstić information content (AvgIpc) is 2.89. The lowest BCUT2D eigenvalue weighted by molar-refractivity contribution is 0.00434. The van der Waals surface area contributed by atoms with Crippen LogP contribution in [0.3, 0.4) is 0 Å². The van der Waals surface area contributed by atoms with E-state index in [0.29, 0.717) is 26.2 Å². The monoisotopic (exact) mass is 288 g/mol. The van der Waals surface area contributed by atoms with Crippen LogP contribution in [0.2, 0.25) is 0 Å². The van der Waals surface area contributed by atoms with Crippen molar-refractivity contribution in [3.63, 3.8) is 0 Å². The van der Waals surface area contributed by atoms with Gasteiger partial charge in [0.2, 0.25) is 0 Å². The molecule has 1 fully saturated rings. The first-order valence-corrected chi connectivity index (χ1v) is 7.76. The molecule has 0 aromatic carbocycles. The predicted octanol–water partition coefficient (Wildman–Crippen LogP) is -0.188. The van der Waals surface area contributed by atoms with Gasteiger partial charge in [-0.2, -0.15) is 9.40 Å². The zero-order valence-corrected chi connectivity index (χ0v) is 12.0. The Balaban J connectivity index is 2.29. The predicted molar refractivity (Wildman–Crippen MR) is 70.2 cm³/mol. The molecular formula is C11H20N4O3S. The highest BCUT2D eigenvalue weighted by atomic mass is 32.2. The van der Waals surface area contributed by atoms with E-state index < -0.39 is 10.0 Å². The van der Waals surface area contributed by atoms with E-state index in [1.807, 2.05) is 13.8 Å². The van der Waals surface area contributed by atoms with Gasteiger partial charge >= 0.3 is 0 Å². The molecule has 7 nitrogen and oxygen atoms in total. The Morgan fingerprint density at radius 3 is 2.95 bits per heavy atom. The Morgan fingerprint density at radius 1 is 1.58 bits per heavy atom. The molecule has 0 amide bonds. The first kappa shape index (κ1) is 14.4. The average molecular weight is 288 g/mol. The fraction of sp³-hybridized carbons (Fsp3) is 0.727. The van der Waals surface area contributed by atoms with Crippen LogP contribution in [-0.2, 0) is 14.8 Å². The largest absolute Gasteiger partial charge is 0.374 e. The van der Waals surface area contributed by atoms with Gasteiger partial charge < -0.3 is 10.5 Å². The standard InChI is InChI=1S/C11H20N4O3S/c1-9(2)15-11(3-4-13-15)19(16,17)14-5-6-18-10(7-12)8-14/h3-4,9-10H,5-8,12H2,1-2H3/t10-/m1/s1.